The van der Waals surface area contributed by atoms with Crippen molar-refractivity contribution in [2.24, 2.45) is 5.92 Å². The van der Waals surface area contributed by atoms with Crippen molar-refractivity contribution >= 4 is 5.97 Å². The van der Waals surface area contributed by atoms with Crippen LogP contribution in [0.15, 0.2) is 30.3 Å². The zero-order valence-corrected chi connectivity index (χ0v) is 11.2. The van der Waals surface area contributed by atoms with E-state index in [9.17, 15) is 15.0 Å². The lowest BCUT2D eigenvalue weighted by Crippen LogP contribution is -2.49. The Hall–Kier alpha value is -1.39. The van der Waals surface area contributed by atoms with Crippen LogP contribution >= 0.6 is 0 Å². The number of benzene rings is 1. The van der Waals surface area contributed by atoms with E-state index in [4.69, 9.17) is 0 Å². The topological polar surface area (TPSA) is 60.4 Å². The first-order chi connectivity index (χ1) is 8.29. The zero-order valence-electron chi connectivity index (χ0n) is 11.2. The minimum Gasteiger partial charge on any atom is -0.550 e. The second-order valence-electron chi connectivity index (χ2n) is 5.66. The predicted octanol–water partition coefficient (Wildman–Crippen LogP) is -0.338. The molecule has 2 unspecified atom stereocenters. The first-order valence-corrected chi connectivity index (χ1v) is 6.03. The number of hydrogen-bond acceptors (Lipinski definition) is 3. The van der Waals surface area contributed by atoms with Crippen molar-refractivity contribution in [3.8, 4) is 0 Å². The summed E-state index contributed by atoms with van der Waals surface area (Å²) in [6.07, 6.45) is -0.611. The molecule has 0 heterocycles. The summed E-state index contributed by atoms with van der Waals surface area (Å²) in [4.78, 5) is 11.2. The van der Waals surface area contributed by atoms with Gasteiger partial charge in [0.15, 0.2) is 0 Å². The van der Waals surface area contributed by atoms with Gasteiger partial charge in [-0.25, -0.2) is 0 Å². The van der Waals surface area contributed by atoms with Gasteiger partial charge in [-0.05, 0) is 12.0 Å². The summed E-state index contributed by atoms with van der Waals surface area (Å²) < 4.78 is 0.514. The number of rotatable bonds is 6. The highest BCUT2D eigenvalue weighted by Gasteiger charge is 2.26. The van der Waals surface area contributed by atoms with Crippen molar-refractivity contribution in [3.05, 3.63) is 35.9 Å². The average Bonchev–Trinajstić information content (AvgIpc) is 2.24. The smallest absolute Gasteiger partial charge is 0.111 e. The van der Waals surface area contributed by atoms with E-state index in [1.165, 1.54) is 0 Å². The third-order valence-corrected chi connectivity index (χ3v) is 2.80. The Balaban J connectivity index is 2.74. The molecule has 100 valence electrons. The van der Waals surface area contributed by atoms with Crippen LogP contribution in [0.3, 0.4) is 0 Å². The van der Waals surface area contributed by atoms with Crippen LogP contribution < -0.4 is 5.11 Å². The van der Waals surface area contributed by atoms with E-state index in [-0.39, 0.29) is 0 Å². The van der Waals surface area contributed by atoms with Gasteiger partial charge in [-0.15, -0.1) is 0 Å². The number of carbonyl (C=O) groups excluding carboxylic acids is 1. The molecule has 0 radical (unpaired) electrons. The van der Waals surface area contributed by atoms with Crippen LogP contribution in [0.2, 0.25) is 0 Å². The number of likely N-dealkylation sites (N-methyl/N-ethyl adjacent to an activating group) is 1. The summed E-state index contributed by atoms with van der Waals surface area (Å²) in [5.41, 5.74) is 0.896. The maximum Gasteiger partial charge on any atom is 0.111 e. The Kier molecular flexibility index (Phi) is 4.87. The Bertz CT molecular complexity index is 384. The quantitative estimate of drug-likeness (QED) is 0.704. The van der Waals surface area contributed by atoms with Crippen LogP contribution in [0.5, 0.6) is 0 Å². The fourth-order valence-corrected chi connectivity index (χ4v) is 1.93. The van der Waals surface area contributed by atoms with E-state index in [1.807, 2.05) is 51.5 Å². The van der Waals surface area contributed by atoms with Gasteiger partial charge in [-0.2, -0.15) is 0 Å². The van der Waals surface area contributed by atoms with Gasteiger partial charge in [0, 0.05) is 11.9 Å². The van der Waals surface area contributed by atoms with Gasteiger partial charge in [-0.1, -0.05) is 30.3 Å². The lowest BCUT2D eigenvalue weighted by molar-refractivity contribution is -0.874. The van der Waals surface area contributed by atoms with Crippen LogP contribution in [0.4, 0.5) is 0 Å². The first-order valence-electron chi connectivity index (χ1n) is 6.03. The van der Waals surface area contributed by atoms with E-state index < -0.39 is 18.0 Å². The molecule has 0 fully saturated rings. The number of quaternary nitrogens is 1. The molecule has 0 saturated heterocycles. The number of nitrogens with zero attached hydrogens (tertiary/aromatic N) is 1. The van der Waals surface area contributed by atoms with Gasteiger partial charge in [0.1, 0.15) is 12.6 Å². The molecule has 0 saturated carbocycles. The van der Waals surface area contributed by atoms with E-state index in [2.05, 4.69) is 0 Å². The van der Waals surface area contributed by atoms with Crippen LogP contribution in [0.1, 0.15) is 5.56 Å². The molecule has 0 aliphatic heterocycles. The van der Waals surface area contributed by atoms with Crippen LogP contribution in [-0.2, 0) is 11.2 Å². The number of aliphatic hydroxyl groups excluding tert-OH is 1. The second-order valence-corrected chi connectivity index (χ2v) is 5.66. The molecule has 1 aromatic carbocycles. The molecular formula is C14H21NO3. The minimum absolute atomic E-state index is 0.296. The van der Waals surface area contributed by atoms with Crippen molar-refractivity contribution in [1.82, 2.24) is 0 Å². The van der Waals surface area contributed by atoms with Gasteiger partial charge in [-0.3, -0.25) is 0 Å². The molecule has 2 atom stereocenters. The predicted molar refractivity (Wildman–Crippen MR) is 67.5 cm³/mol. The summed E-state index contributed by atoms with van der Waals surface area (Å²) in [6.45, 7) is 0.380. The van der Waals surface area contributed by atoms with E-state index >= 15 is 0 Å². The molecule has 1 aromatic rings. The van der Waals surface area contributed by atoms with Gasteiger partial charge in [0.2, 0.25) is 0 Å². The zero-order chi connectivity index (χ0) is 13.8. The van der Waals surface area contributed by atoms with Crippen LogP contribution in [0.25, 0.3) is 0 Å². The summed E-state index contributed by atoms with van der Waals surface area (Å²) in [5, 5.41) is 21.2. The highest BCUT2D eigenvalue weighted by Crippen LogP contribution is 2.14. The molecule has 18 heavy (non-hydrogen) atoms. The molecule has 0 aliphatic carbocycles. The van der Waals surface area contributed by atoms with Gasteiger partial charge in [0.05, 0.1) is 21.1 Å². The Morgan fingerprint density at radius 1 is 1.28 bits per heavy atom. The van der Waals surface area contributed by atoms with Crippen LogP contribution in [-0.4, -0.2) is 49.4 Å². The molecule has 1 rings (SSSR count). The lowest BCUT2D eigenvalue weighted by atomic mass is 9.93. The van der Waals surface area contributed by atoms with E-state index in [1.54, 1.807) is 0 Å². The minimum atomic E-state index is -1.19. The monoisotopic (exact) mass is 251 g/mol. The molecule has 0 aromatic heterocycles. The third-order valence-electron chi connectivity index (χ3n) is 2.80. The van der Waals surface area contributed by atoms with Crippen molar-refractivity contribution in [2.75, 3.05) is 27.7 Å². The molecule has 1 N–H and O–H groups in total. The Morgan fingerprint density at radius 3 is 2.28 bits per heavy atom. The van der Waals surface area contributed by atoms with Crippen LogP contribution in [0, 0.1) is 5.92 Å². The summed E-state index contributed by atoms with van der Waals surface area (Å²) in [6, 6.07) is 9.30. The molecule has 4 heteroatoms. The molecule has 0 aliphatic rings. The number of aliphatic hydroxyl groups is 1. The largest absolute Gasteiger partial charge is 0.550 e. The first kappa shape index (κ1) is 14.7. The van der Waals surface area contributed by atoms with E-state index in [0.717, 1.165) is 5.56 Å². The number of carboxylic acid groups (broad SMARTS) is 1. The molecule has 0 bridgehead atoms. The number of aliphatic carboxylic acids is 1. The van der Waals surface area contributed by atoms with Crippen molar-refractivity contribution in [2.45, 2.75) is 12.5 Å². The SMILES string of the molecule is C[N+](C)(C)CC(O)C(Cc1ccccc1)C(=O)[O-]. The average molecular weight is 251 g/mol. The van der Waals surface area contributed by atoms with Crippen molar-refractivity contribution in [1.29, 1.82) is 0 Å². The Labute approximate surface area is 108 Å². The van der Waals surface area contributed by atoms with Crippen molar-refractivity contribution in [3.63, 3.8) is 0 Å². The third kappa shape index (κ3) is 4.85. The van der Waals surface area contributed by atoms with Gasteiger partial charge < -0.3 is 19.5 Å². The molecule has 0 amide bonds. The fraction of sp³-hybridized carbons (Fsp3) is 0.500. The molecular weight excluding hydrogens is 230 g/mol. The number of carboxylic acids is 1. The molecule has 4 nitrogen and oxygen atoms in total. The van der Waals surface area contributed by atoms with Gasteiger partial charge >= 0.3 is 0 Å². The highest BCUT2D eigenvalue weighted by atomic mass is 16.4. The summed E-state index contributed by atoms with van der Waals surface area (Å²) in [7, 11) is 5.74. The maximum absolute atomic E-state index is 11.2. The standard InChI is InChI=1S/C14H21NO3/c1-15(2,3)10-13(16)12(14(17)18)9-11-7-5-4-6-8-11/h4-8,12-13,16H,9-10H2,1-3H3. The summed E-state index contributed by atoms with van der Waals surface area (Å²) >= 11 is 0. The van der Waals surface area contributed by atoms with Crippen molar-refractivity contribution < 1.29 is 19.5 Å². The van der Waals surface area contributed by atoms with Gasteiger partial charge in [0.25, 0.3) is 0 Å². The lowest BCUT2D eigenvalue weighted by Gasteiger charge is -2.31. The Morgan fingerprint density at radius 2 is 1.83 bits per heavy atom. The molecule has 0 spiro atoms. The highest BCUT2D eigenvalue weighted by molar-refractivity contribution is 5.68. The normalized spacial score (nSPS) is 15.1. The second kappa shape index (κ2) is 5.98. The van der Waals surface area contributed by atoms with E-state index in [0.29, 0.717) is 17.4 Å². The number of carbonyl (C=O) groups is 1. The summed E-state index contributed by atoms with van der Waals surface area (Å²) in [5.74, 6) is -2.07. The number of hydrogen-bond donors (Lipinski definition) is 1. The maximum atomic E-state index is 11.2. The fourth-order valence-electron chi connectivity index (χ4n) is 1.93.